The predicted molar refractivity (Wildman–Crippen MR) is 98.9 cm³/mol. The average molecular weight is 330 g/mol. The number of carbonyl (C=O) groups is 1. The van der Waals surface area contributed by atoms with Gasteiger partial charge in [0, 0.05) is 44.8 Å². The van der Waals surface area contributed by atoms with Gasteiger partial charge in [-0.1, -0.05) is 29.8 Å². The van der Waals surface area contributed by atoms with E-state index in [1.165, 1.54) is 11.6 Å². The van der Waals surface area contributed by atoms with Crippen LogP contribution in [0, 0.1) is 6.92 Å². The van der Waals surface area contributed by atoms with Crippen LogP contribution in [0.3, 0.4) is 0 Å². The minimum atomic E-state index is -0.264. The highest BCUT2D eigenvalue weighted by Gasteiger charge is 2.18. The summed E-state index contributed by atoms with van der Waals surface area (Å²) in [5.74, 6) is -0.264. The van der Waals surface area contributed by atoms with Crippen LogP contribution in [0.4, 0.5) is 0 Å². The van der Waals surface area contributed by atoms with Crippen LogP contribution in [0.2, 0.25) is 0 Å². The molecule has 2 rings (SSSR count). The number of benzene rings is 1. The third-order valence-corrected chi connectivity index (χ3v) is 4.49. The Morgan fingerprint density at radius 2 is 1.83 bits per heavy atom. The van der Waals surface area contributed by atoms with E-state index in [1.807, 2.05) is 31.2 Å². The fourth-order valence-electron chi connectivity index (χ4n) is 2.85. The van der Waals surface area contributed by atoms with E-state index in [-0.39, 0.29) is 5.97 Å². The molecule has 0 saturated carbocycles. The number of rotatable bonds is 7. The van der Waals surface area contributed by atoms with E-state index in [4.69, 9.17) is 4.74 Å². The maximum atomic E-state index is 11.7. The monoisotopic (exact) mass is 330 g/mol. The van der Waals surface area contributed by atoms with Crippen molar-refractivity contribution in [3.05, 3.63) is 41.5 Å². The number of nitrogens with zero attached hydrogens (tertiary/aromatic N) is 2. The Kier molecular flexibility index (Phi) is 7.47. The molecule has 1 aromatic carbocycles. The van der Waals surface area contributed by atoms with E-state index in [0.29, 0.717) is 12.6 Å². The molecule has 1 aliphatic heterocycles. The number of piperazine rings is 1. The Labute approximate surface area is 146 Å². The Hall–Kier alpha value is -1.65. The maximum absolute atomic E-state index is 11.7. The van der Waals surface area contributed by atoms with Gasteiger partial charge in [0.2, 0.25) is 0 Å². The van der Waals surface area contributed by atoms with Gasteiger partial charge < -0.3 is 9.64 Å². The van der Waals surface area contributed by atoms with Crippen LogP contribution in [-0.4, -0.2) is 61.1 Å². The van der Waals surface area contributed by atoms with E-state index in [9.17, 15) is 4.79 Å². The van der Waals surface area contributed by atoms with Gasteiger partial charge in [0.1, 0.15) is 0 Å². The average Bonchev–Trinajstić information content (AvgIpc) is 2.58. The first kappa shape index (κ1) is 18.7. The SMILES string of the molecule is Cc1ccc(/C=C/C(=O)OCCCN2CCN(C(C)C)CC2)cc1. The molecular weight excluding hydrogens is 300 g/mol. The molecule has 0 bridgehead atoms. The molecule has 4 heteroatoms. The second-order valence-corrected chi connectivity index (χ2v) is 6.74. The zero-order valence-electron chi connectivity index (χ0n) is 15.2. The molecule has 24 heavy (non-hydrogen) atoms. The molecule has 0 spiro atoms. The minimum Gasteiger partial charge on any atom is -0.462 e. The maximum Gasteiger partial charge on any atom is 0.330 e. The van der Waals surface area contributed by atoms with Crippen molar-refractivity contribution in [2.75, 3.05) is 39.3 Å². The van der Waals surface area contributed by atoms with Gasteiger partial charge in [-0.15, -0.1) is 0 Å². The van der Waals surface area contributed by atoms with E-state index in [1.54, 1.807) is 6.08 Å². The quantitative estimate of drug-likeness (QED) is 0.437. The topological polar surface area (TPSA) is 32.8 Å². The van der Waals surface area contributed by atoms with E-state index in [0.717, 1.165) is 44.7 Å². The first-order valence-corrected chi connectivity index (χ1v) is 8.92. The highest BCUT2D eigenvalue weighted by atomic mass is 16.5. The minimum absolute atomic E-state index is 0.264. The van der Waals surface area contributed by atoms with E-state index >= 15 is 0 Å². The van der Waals surface area contributed by atoms with Gasteiger partial charge >= 0.3 is 5.97 Å². The summed E-state index contributed by atoms with van der Waals surface area (Å²) in [6, 6.07) is 8.69. The normalized spacial score (nSPS) is 16.8. The summed E-state index contributed by atoms with van der Waals surface area (Å²) in [5.41, 5.74) is 2.23. The van der Waals surface area contributed by atoms with Gasteiger partial charge in [-0.3, -0.25) is 4.90 Å². The first-order chi connectivity index (χ1) is 11.5. The van der Waals surface area contributed by atoms with Gasteiger partial charge in [0.15, 0.2) is 0 Å². The Morgan fingerprint density at radius 1 is 1.17 bits per heavy atom. The lowest BCUT2D eigenvalue weighted by Crippen LogP contribution is -2.49. The summed E-state index contributed by atoms with van der Waals surface area (Å²) < 4.78 is 5.28. The summed E-state index contributed by atoms with van der Waals surface area (Å²) in [7, 11) is 0. The number of esters is 1. The van der Waals surface area contributed by atoms with Crippen LogP contribution < -0.4 is 0 Å². The molecule has 132 valence electrons. The fraction of sp³-hybridized carbons (Fsp3) is 0.550. The summed E-state index contributed by atoms with van der Waals surface area (Å²) >= 11 is 0. The summed E-state index contributed by atoms with van der Waals surface area (Å²) in [6.07, 6.45) is 4.20. The number of ether oxygens (including phenoxy) is 1. The molecule has 1 fully saturated rings. The van der Waals surface area contributed by atoms with Crippen molar-refractivity contribution in [1.82, 2.24) is 9.80 Å². The van der Waals surface area contributed by atoms with Crippen molar-refractivity contribution in [1.29, 1.82) is 0 Å². The van der Waals surface area contributed by atoms with Gasteiger partial charge in [0.25, 0.3) is 0 Å². The lowest BCUT2D eigenvalue weighted by molar-refractivity contribution is -0.137. The van der Waals surface area contributed by atoms with E-state index in [2.05, 4.69) is 23.6 Å². The van der Waals surface area contributed by atoms with Gasteiger partial charge in [-0.2, -0.15) is 0 Å². The zero-order chi connectivity index (χ0) is 17.4. The number of hydrogen-bond acceptors (Lipinski definition) is 4. The zero-order valence-corrected chi connectivity index (χ0v) is 15.2. The van der Waals surface area contributed by atoms with Crippen LogP contribution >= 0.6 is 0 Å². The fourth-order valence-corrected chi connectivity index (χ4v) is 2.85. The second kappa shape index (κ2) is 9.60. The molecule has 1 aromatic rings. The van der Waals surface area contributed by atoms with Crippen molar-refractivity contribution in [3.8, 4) is 0 Å². The molecule has 0 radical (unpaired) electrons. The Morgan fingerprint density at radius 3 is 2.46 bits per heavy atom. The molecule has 0 amide bonds. The lowest BCUT2D eigenvalue weighted by atomic mass is 10.1. The molecule has 1 aliphatic rings. The third-order valence-electron chi connectivity index (χ3n) is 4.49. The highest BCUT2D eigenvalue weighted by Crippen LogP contribution is 2.07. The Bertz CT molecular complexity index is 529. The number of carbonyl (C=O) groups excluding carboxylic acids is 1. The van der Waals surface area contributed by atoms with Gasteiger partial charge in [0.05, 0.1) is 6.61 Å². The molecule has 0 unspecified atom stereocenters. The van der Waals surface area contributed by atoms with Crippen molar-refractivity contribution in [2.45, 2.75) is 33.2 Å². The number of hydrogen-bond donors (Lipinski definition) is 0. The van der Waals surface area contributed by atoms with E-state index < -0.39 is 0 Å². The molecule has 0 aromatic heterocycles. The summed E-state index contributed by atoms with van der Waals surface area (Å²) in [4.78, 5) is 16.7. The van der Waals surface area contributed by atoms with Crippen molar-refractivity contribution in [2.24, 2.45) is 0 Å². The van der Waals surface area contributed by atoms with Crippen LogP contribution in [0.25, 0.3) is 6.08 Å². The highest BCUT2D eigenvalue weighted by molar-refractivity contribution is 5.87. The third kappa shape index (κ3) is 6.46. The summed E-state index contributed by atoms with van der Waals surface area (Å²) in [5, 5.41) is 0. The van der Waals surface area contributed by atoms with Crippen LogP contribution in [0.15, 0.2) is 30.3 Å². The molecule has 1 saturated heterocycles. The van der Waals surface area contributed by atoms with Gasteiger partial charge in [-0.25, -0.2) is 4.79 Å². The smallest absolute Gasteiger partial charge is 0.330 e. The molecule has 0 atom stereocenters. The molecular formula is C20H30N2O2. The van der Waals surface area contributed by atoms with Crippen molar-refractivity contribution >= 4 is 12.0 Å². The van der Waals surface area contributed by atoms with Crippen LogP contribution in [-0.2, 0) is 9.53 Å². The largest absolute Gasteiger partial charge is 0.462 e. The molecule has 1 heterocycles. The molecule has 0 aliphatic carbocycles. The van der Waals surface area contributed by atoms with Crippen molar-refractivity contribution < 1.29 is 9.53 Å². The van der Waals surface area contributed by atoms with Crippen LogP contribution in [0.1, 0.15) is 31.4 Å². The molecule has 4 nitrogen and oxygen atoms in total. The van der Waals surface area contributed by atoms with Crippen LogP contribution in [0.5, 0.6) is 0 Å². The standard InChI is InChI=1S/C20H30N2O2/c1-17(2)22-14-12-21(13-15-22)11-4-16-24-20(23)10-9-19-7-5-18(3)6-8-19/h5-10,17H,4,11-16H2,1-3H3/b10-9+. The van der Waals surface area contributed by atoms with Gasteiger partial charge in [-0.05, 0) is 38.8 Å². The lowest BCUT2D eigenvalue weighted by Gasteiger charge is -2.36. The Balaban J connectivity index is 1.59. The first-order valence-electron chi connectivity index (χ1n) is 8.92. The summed E-state index contributed by atoms with van der Waals surface area (Å²) in [6.45, 7) is 12.5. The molecule has 0 N–H and O–H groups in total. The van der Waals surface area contributed by atoms with Crippen molar-refractivity contribution in [3.63, 3.8) is 0 Å². The predicted octanol–water partition coefficient (Wildman–Crippen LogP) is 2.97. The second-order valence-electron chi connectivity index (χ2n) is 6.74. The number of aryl methyl sites for hydroxylation is 1.